The Labute approximate surface area is 145 Å². The summed E-state index contributed by atoms with van der Waals surface area (Å²) in [6.45, 7) is 1.74. The smallest absolute Gasteiger partial charge is 0.275 e. The van der Waals surface area contributed by atoms with Gasteiger partial charge in [-0.15, -0.1) is 0 Å². The Bertz CT molecular complexity index is 785. The van der Waals surface area contributed by atoms with Crippen molar-refractivity contribution in [2.24, 2.45) is 10.8 Å². The van der Waals surface area contributed by atoms with Gasteiger partial charge in [0.25, 0.3) is 11.8 Å². The molecule has 0 aliphatic carbocycles. The van der Waals surface area contributed by atoms with Crippen molar-refractivity contribution in [2.75, 3.05) is 13.7 Å². The first-order valence-corrected chi connectivity index (χ1v) is 7.49. The van der Waals surface area contributed by atoms with E-state index in [2.05, 4.69) is 10.5 Å². The number of methoxy groups -OCH3 is 1. The van der Waals surface area contributed by atoms with Crippen LogP contribution in [0.2, 0.25) is 0 Å². The highest BCUT2D eigenvalue weighted by Gasteiger charge is 2.11. The Balaban J connectivity index is 1.96. The lowest BCUT2D eigenvalue weighted by Gasteiger charge is -2.07. The van der Waals surface area contributed by atoms with Crippen LogP contribution in [0.25, 0.3) is 0 Å². The number of nitrogens with two attached hydrogens (primary N) is 1. The van der Waals surface area contributed by atoms with Crippen LogP contribution in [0, 0.1) is 6.92 Å². The second kappa shape index (κ2) is 8.49. The van der Waals surface area contributed by atoms with E-state index in [1.807, 2.05) is 13.0 Å². The number of nitrogens with zero attached hydrogens (tertiary/aromatic N) is 1. The highest BCUT2D eigenvalue weighted by molar-refractivity contribution is 5.97. The SMILES string of the molecule is COc1cc(C)ccc1C(=O)N/N=C\c1ccc(OCC(N)=O)cc1. The maximum Gasteiger partial charge on any atom is 0.275 e. The van der Waals surface area contributed by atoms with E-state index in [0.717, 1.165) is 11.1 Å². The molecule has 0 aromatic heterocycles. The number of aryl methyl sites for hydroxylation is 1. The average molecular weight is 341 g/mol. The normalized spacial score (nSPS) is 10.5. The third-order valence-corrected chi connectivity index (χ3v) is 3.24. The molecule has 0 saturated heterocycles. The summed E-state index contributed by atoms with van der Waals surface area (Å²) in [5, 5.41) is 3.92. The molecule has 0 bridgehead atoms. The zero-order chi connectivity index (χ0) is 18.2. The number of hydrogen-bond acceptors (Lipinski definition) is 5. The van der Waals surface area contributed by atoms with Gasteiger partial charge in [0, 0.05) is 0 Å². The fraction of sp³-hybridized carbons (Fsp3) is 0.167. The number of hydrazone groups is 1. The van der Waals surface area contributed by atoms with Crippen molar-refractivity contribution in [3.05, 3.63) is 59.2 Å². The van der Waals surface area contributed by atoms with E-state index in [-0.39, 0.29) is 12.5 Å². The molecule has 130 valence electrons. The molecule has 0 aliphatic heterocycles. The highest BCUT2D eigenvalue weighted by Crippen LogP contribution is 2.19. The summed E-state index contributed by atoms with van der Waals surface area (Å²) < 4.78 is 10.4. The predicted octanol–water partition coefficient (Wildman–Crippen LogP) is 1.63. The molecule has 2 aromatic rings. The van der Waals surface area contributed by atoms with Crippen LogP contribution in [0.1, 0.15) is 21.5 Å². The summed E-state index contributed by atoms with van der Waals surface area (Å²) in [4.78, 5) is 22.8. The van der Waals surface area contributed by atoms with Gasteiger partial charge in [-0.3, -0.25) is 9.59 Å². The van der Waals surface area contributed by atoms with Crippen molar-refractivity contribution >= 4 is 18.0 Å². The van der Waals surface area contributed by atoms with Gasteiger partial charge in [0.05, 0.1) is 18.9 Å². The minimum Gasteiger partial charge on any atom is -0.496 e. The van der Waals surface area contributed by atoms with Crippen LogP contribution in [0.5, 0.6) is 11.5 Å². The molecule has 0 saturated carbocycles. The van der Waals surface area contributed by atoms with Gasteiger partial charge in [-0.1, -0.05) is 6.07 Å². The van der Waals surface area contributed by atoms with Gasteiger partial charge in [0.15, 0.2) is 6.61 Å². The van der Waals surface area contributed by atoms with Crippen LogP contribution in [-0.4, -0.2) is 31.7 Å². The van der Waals surface area contributed by atoms with E-state index in [9.17, 15) is 9.59 Å². The van der Waals surface area contributed by atoms with Crippen LogP contribution in [0.3, 0.4) is 0 Å². The van der Waals surface area contributed by atoms with Crippen molar-refractivity contribution in [3.63, 3.8) is 0 Å². The van der Waals surface area contributed by atoms with Crippen molar-refractivity contribution < 1.29 is 19.1 Å². The van der Waals surface area contributed by atoms with Gasteiger partial charge in [-0.25, -0.2) is 5.43 Å². The fourth-order valence-electron chi connectivity index (χ4n) is 2.02. The fourth-order valence-corrected chi connectivity index (χ4v) is 2.02. The third-order valence-electron chi connectivity index (χ3n) is 3.24. The largest absolute Gasteiger partial charge is 0.496 e. The zero-order valence-electron chi connectivity index (χ0n) is 14.0. The predicted molar refractivity (Wildman–Crippen MR) is 93.9 cm³/mol. The Morgan fingerprint density at radius 3 is 2.56 bits per heavy atom. The first-order chi connectivity index (χ1) is 12.0. The molecule has 3 N–H and O–H groups in total. The lowest BCUT2D eigenvalue weighted by molar-refractivity contribution is -0.119. The van der Waals surface area contributed by atoms with Crippen LogP contribution in [0.4, 0.5) is 0 Å². The minimum absolute atomic E-state index is 0.179. The Morgan fingerprint density at radius 2 is 1.92 bits per heavy atom. The molecule has 2 rings (SSSR count). The number of primary amides is 1. The lowest BCUT2D eigenvalue weighted by atomic mass is 10.1. The molecule has 0 aliphatic rings. The summed E-state index contributed by atoms with van der Waals surface area (Å²) >= 11 is 0. The molecule has 0 fully saturated rings. The number of rotatable bonds is 7. The van der Waals surface area contributed by atoms with E-state index < -0.39 is 5.91 Å². The summed E-state index contributed by atoms with van der Waals surface area (Å²) in [5.41, 5.74) is 9.61. The molecule has 0 heterocycles. The van der Waals surface area contributed by atoms with E-state index in [1.54, 1.807) is 36.4 Å². The molecule has 2 aromatic carbocycles. The first kappa shape index (κ1) is 18.0. The van der Waals surface area contributed by atoms with Gasteiger partial charge in [0.2, 0.25) is 0 Å². The molecule has 2 amide bonds. The average Bonchev–Trinajstić information content (AvgIpc) is 2.60. The molecule has 25 heavy (non-hydrogen) atoms. The number of carbonyl (C=O) groups excluding carboxylic acids is 2. The number of ether oxygens (including phenoxy) is 2. The Hall–Kier alpha value is -3.35. The van der Waals surface area contributed by atoms with E-state index in [1.165, 1.54) is 13.3 Å². The number of hydrogen-bond donors (Lipinski definition) is 2. The van der Waals surface area contributed by atoms with Gasteiger partial charge < -0.3 is 15.2 Å². The highest BCUT2D eigenvalue weighted by atomic mass is 16.5. The van der Waals surface area contributed by atoms with E-state index >= 15 is 0 Å². The number of benzene rings is 2. The minimum atomic E-state index is -0.542. The van der Waals surface area contributed by atoms with Crippen LogP contribution >= 0.6 is 0 Å². The molecule has 0 radical (unpaired) electrons. The summed E-state index contributed by atoms with van der Waals surface area (Å²) in [5.74, 6) is 0.0995. The van der Waals surface area contributed by atoms with Crippen molar-refractivity contribution in [3.8, 4) is 11.5 Å². The molecule has 7 nitrogen and oxygen atoms in total. The van der Waals surface area contributed by atoms with Gasteiger partial charge in [-0.2, -0.15) is 5.10 Å². The molecule has 0 atom stereocenters. The van der Waals surface area contributed by atoms with E-state index in [4.69, 9.17) is 15.2 Å². The maximum absolute atomic E-state index is 12.2. The molecular weight excluding hydrogens is 322 g/mol. The molecule has 0 spiro atoms. The van der Waals surface area contributed by atoms with Crippen LogP contribution < -0.4 is 20.6 Å². The van der Waals surface area contributed by atoms with Gasteiger partial charge in [-0.05, 0) is 54.4 Å². The Kier molecular flexibility index (Phi) is 6.11. The van der Waals surface area contributed by atoms with Crippen molar-refractivity contribution in [2.45, 2.75) is 6.92 Å². The molecular formula is C18H19N3O4. The number of amides is 2. The first-order valence-electron chi connectivity index (χ1n) is 7.49. The molecule has 7 heteroatoms. The van der Waals surface area contributed by atoms with Crippen LogP contribution in [0.15, 0.2) is 47.6 Å². The second-order valence-electron chi connectivity index (χ2n) is 5.23. The van der Waals surface area contributed by atoms with Crippen molar-refractivity contribution in [1.82, 2.24) is 5.43 Å². The third kappa shape index (κ3) is 5.35. The lowest BCUT2D eigenvalue weighted by Crippen LogP contribution is -2.20. The quantitative estimate of drug-likeness (QED) is 0.590. The topological polar surface area (TPSA) is 103 Å². The standard InChI is InChI=1S/C18H19N3O4/c1-12-3-8-15(16(9-12)24-2)18(23)21-20-10-13-4-6-14(7-5-13)25-11-17(19)22/h3-10H,11H2,1-2H3,(H2,19,22)(H,21,23)/b20-10-. The zero-order valence-corrected chi connectivity index (χ0v) is 14.0. The molecule has 0 unspecified atom stereocenters. The second-order valence-corrected chi connectivity index (χ2v) is 5.23. The van der Waals surface area contributed by atoms with E-state index in [0.29, 0.717) is 17.1 Å². The van der Waals surface area contributed by atoms with Gasteiger partial charge >= 0.3 is 0 Å². The number of nitrogens with one attached hydrogen (secondary N) is 1. The van der Waals surface area contributed by atoms with Crippen LogP contribution in [-0.2, 0) is 4.79 Å². The Morgan fingerprint density at radius 1 is 1.20 bits per heavy atom. The monoisotopic (exact) mass is 341 g/mol. The summed E-state index contributed by atoms with van der Waals surface area (Å²) in [7, 11) is 1.51. The summed E-state index contributed by atoms with van der Waals surface area (Å²) in [6.07, 6.45) is 1.50. The number of carbonyl (C=O) groups is 2. The summed E-state index contributed by atoms with van der Waals surface area (Å²) in [6, 6.07) is 12.1. The van der Waals surface area contributed by atoms with Crippen molar-refractivity contribution in [1.29, 1.82) is 0 Å². The van der Waals surface area contributed by atoms with Gasteiger partial charge in [0.1, 0.15) is 11.5 Å². The maximum atomic E-state index is 12.2.